The highest BCUT2D eigenvalue weighted by molar-refractivity contribution is 6.18. The summed E-state index contributed by atoms with van der Waals surface area (Å²) in [5.41, 5.74) is 4.25. The summed E-state index contributed by atoms with van der Waals surface area (Å²) < 4.78 is 0. The zero-order valence-electron chi connectivity index (χ0n) is 10.3. The van der Waals surface area contributed by atoms with Gasteiger partial charge in [-0.05, 0) is 43.7 Å². The summed E-state index contributed by atoms with van der Waals surface area (Å²) in [6.45, 7) is 4.38. The number of halogens is 1. The van der Waals surface area contributed by atoms with Gasteiger partial charge in [-0.25, -0.2) is 0 Å². The zero-order valence-corrected chi connectivity index (χ0v) is 11.1. The predicted molar refractivity (Wildman–Crippen MR) is 71.3 cm³/mol. The summed E-state index contributed by atoms with van der Waals surface area (Å²) in [4.78, 5) is 0. The Morgan fingerprint density at radius 2 is 1.94 bits per heavy atom. The van der Waals surface area contributed by atoms with Crippen LogP contribution in [-0.2, 0) is 0 Å². The van der Waals surface area contributed by atoms with E-state index >= 15 is 0 Å². The van der Waals surface area contributed by atoms with E-state index in [0.29, 0.717) is 5.92 Å². The van der Waals surface area contributed by atoms with Crippen molar-refractivity contribution in [3.8, 4) is 0 Å². The highest BCUT2D eigenvalue weighted by atomic mass is 35.5. The van der Waals surface area contributed by atoms with Crippen LogP contribution in [-0.4, -0.2) is 5.88 Å². The molecule has 0 aliphatic heterocycles. The van der Waals surface area contributed by atoms with Crippen molar-refractivity contribution in [3.05, 3.63) is 34.9 Å². The van der Waals surface area contributed by atoms with Gasteiger partial charge in [0.1, 0.15) is 0 Å². The second-order valence-electron chi connectivity index (χ2n) is 5.17. The molecule has 16 heavy (non-hydrogen) atoms. The average molecular weight is 237 g/mol. The maximum atomic E-state index is 6.21. The van der Waals surface area contributed by atoms with Crippen molar-refractivity contribution in [1.29, 1.82) is 0 Å². The zero-order chi connectivity index (χ0) is 11.5. The lowest BCUT2D eigenvalue weighted by Gasteiger charge is -2.23. The normalized spacial score (nSPS) is 18.9. The molecule has 0 radical (unpaired) electrons. The van der Waals surface area contributed by atoms with Crippen LogP contribution in [0.2, 0.25) is 0 Å². The summed E-state index contributed by atoms with van der Waals surface area (Å²) in [7, 11) is 0. The molecule has 0 amide bonds. The Morgan fingerprint density at radius 3 is 2.56 bits per heavy atom. The van der Waals surface area contributed by atoms with Gasteiger partial charge in [-0.15, -0.1) is 11.6 Å². The molecule has 1 saturated carbocycles. The van der Waals surface area contributed by atoms with E-state index in [9.17, 15) is 0 Å². The van der Waals surface area contributed by atoms with Crippen molar-refractivity contribution in [2.24, 2.45) is 5.92 Å². The molecule has 1 aromatic carbocycles. The molecule has 1 fully saturated rings. The molecule has 0 nitrogen and oxygen atoms in total. The number of aryl methyl sites for hydroxylation is 2. The maximum Gasteiger partial charge on any atom is 0.0295 e. The van der Waals surface area contributed by atoms with Crippen molar-refractivity contribution < 1.29 is 0 Å². The van der Waals surface area contributed by atoms with Crippen LogP contribution in [0, 0.1) is 19.8 Å². The SMILES string of the molecule is Cc1ccc(C)c(C(CCl)C2CCCC2)c1. The third-order valence-corrected chi connectivity index (χ3v) is 4.30. The van der Waals surface area contributed by atoms with Crippen LogP contribution in [0.1, 0.15) is 48.3 Å². The van der Waals surface area contributed by atoms with E-state index in [2.05, 4.69) is 32.0 Å². The Kier molecular flexibility index (Phi) is 3.91. The maximum absolute atomic E-state index is 6.21. The Labute approximate surface area is 104 Å². The predicted octanol–water partition coefficient (Wildman–Crippen LogP) is 4.82. The minimum atomic E-state index is 0.573. The minimum absolute atomic E-state index is 0.573. The quantitative estimate of drug-likeness (QED) is 0.661. The second kappa shape index (κ2) is 5.23. The van der Waals surface area contributed by atoms with E-state index in [-0.39, 0.29) is 0 Å². The molecule has 1 unspecified atom stereocenters. The number of benzene rings is 1. The third kappa shape index (κ3) is 2.43. The lowest BCUT2D eigenvalue weighted by molar-refractivity contribution is 0.463. The lowest BCUT2D eigenvalue weighted by atomic mass is 9.83. The lowest BCUT2D eigenvalue weighted by Crippen LogP contribution is -2.13. The molecule has 2 rings (SSSR count). The Morgan fingerprint density at radius 1 is 1.25 bits per heavy atom. The van der Waals surface area contributed by atoms with E-state index in [0.717, 1.165) is 11.8 Å². The fraction of sp³-hybridized carbons (Fsp3) is 0.600. The fourth-order valence-corrected chi connectivity index (χ4v) is 3.40. The molecule has 1 atom stereocenters. The van der Waals surface area contributed by atoms with Crippen LogP contribution < -0.4 is 0 Å². The van der Waals surface area contributed by atoms with Gasteiger partial charge in [0, 0.05) is 11.8 Å². The fourth-order valence-electron chi connectivity index (χ4n) is 2.98. The average Bonchev–Trinajstić information content (AvgIpc) is 2.78. The molecule has 88 valence electrons. The highest BCUT2D eigenvalue weighted by Gasteiger charge is 2.26. The van der Waals surface area contributed by atoms with Gasteiger partial charge in [-0.3, -0.25) is 0 Å². The molecular weight excluding hydrogens is 216 g/mol. The number of hydrogen-bond acceptors (Lipinski definition) is 0. The monoisotopic (exact) mass is 236 g/mol. The van der Waals surface area contributed by atoms with Crippen molar-refractivity contribution in [3.63, 3.8) is 0 Å². The Balaban J connectivity index is 2.28. The van der Waals surface area contributed by atoms with Crippen molar-refractivity contribution >= 4 is 11.6 Å². The first kappa shape index (κ1) is 12.0. The topological polar surface area (TPSA) is 0 Å². The van der Waals surface area contributed by atoms with Gasteiger partial charge in [-0.1, -0.05) is 36.6 Å². The summed E-state index contributed by atoms with van der Waals surface area (Å²) in [5, 5.41) is 0. The summed E-state index contributed by atoms with van der Waals surface area (Å²) >= 11 is 6.21. The minimum Gasteiger partial charge on any atom is -0.126 e. The van der Waals surface area contributed by atoms with E-state index in [4.69, 9.17) is 11.6 Å². The number of alkyl halides is 1. The molecular formula is C15H21Cl. The van der Waals surface area contributed by atoms with E-state index in [1.807, 2.05) is 0 Å². The van der Waals surface area contributed by atoms with Crippen LogP contribution in [0.15, 0.2) is 18.2 Å². The largest absolute Gasteiger partial charge is 0.126 e. The first-order valence-corrected chi connectivity index (χ1v) is 6.89. The summed E-state index contributed by atoms with van der Waals surface area (Å²) in [5.74, 6) is 2.16. The van der Waals surface area contributed by atoms with Gasteiger partial charge >= 0.3 is 0 Å². The molecule has 0 spiro atoms. The molecule has 0 aromatic heterocycles. The smallest absolute Gasteiger partial charge is 0.0295 e. The molecule has 1 heteroatoms. The molecule has 1 aliphatic carbocycles. The standard InChI is InChI=1S/C15H21Cl/c1-11-7-8-12(2)14(9-11)15(10-16)13-5-3-4-6-13/h7-9,13,15H,3-6,10H2,1-2H3. The van der Waals surface area contributed by atoms with Crippen LogP contribution in [0.25, 0.3) is 0 Å². The molecule has 0 saturated heterocycles. The third-order valence-electron chi connectivity index (χ3n) is 3.97. The van der Waals surface area contributed by atoms with Gasteiger partial charge in [0.15, 0.2) is 0 Å². The van der Waals surface area contributed by atoms with E-state index < -0.39 is 0 Å². The van der Waals surface area contributed by atoms with Crippen LogP contribution in [0.4, 0.5) is 0 Å². The van der Waals surface area contributed by atoms with Gasteiger partial charge in [0.2, 0.25) is 0 Å². The molecule has 0 N–H and O–H groups in total. The molecule has 1 aromatic rings. The van der Waals surface area contributed by atoms with Crippen LogP contribution >= 0.6 is 11.6 Å². The van der Waals surface area contributed by atoms with Crippen LogP contribution in [0.5, 0.6) is 0 Å². The summed E-state index contributed by atoms with van der Waals surface area (Å²) in [6, 6.07) is 6.76. The molecule has 0 bridgehead atoms. The molecule has 0 heterocycles. The summed E-state index contributed by atoms with van der Waals surface area (Å²) in [6.07, 6.45) is 5.52. The van der Waals surface area contributed by atoms with E-state index in [1.54, 1.807) is 0 Å². The Bertz CT molecular complexity index is 350. The first-order valence-electron chi connectivity index (χ1n) is 6.35. The van der Waals surface area contributed by atoms with Gasteiger partial charge in [0.05, 0.1) is 0 Å². The highest BCUT2D eigenvalue weighted by Crippen LogP contribution is 2.39. The van der Waals surface area contributed by atoms with Crippen molar-refractivity contribution in [1.82, 2.24) is 0 Å². The Hall–Kier alpha value is -0.490. The first-order chi connectivity index (χ1) is 7.72. The van der Waals surface area contributed by atoms with Crippen molar-refractivity contribution in [2.75, 3.05) is 5.88 Å². The van der Waals surface area contributed by atoms with Crippen LogP contribution in [0.3, 0.4) is 0 Å². The van der Waals surface area contributed by atoms with Gasteiger partial charge in [0.25, 0.3) is 0 Å². The second-order valence-corrected chi connectivity index (χ2v) is 5.47. The number of rotatable bonds is 3. The van der Waals surface area contributed by atoms with Gasteiger partial charge < -0.3 is 0 Å². The van der Waals surface area contributed by atoms with Gasteiger partial charge in [-0.2, -0.15) is 0 Å². The van der Waals surface area contributed by atoms with Crippen molar-refractivity contribution in [2.45, 2.75) is 45.4 Å². The molecule has 1 aliphatic rings. The number of hydrogen-bond donors (Lipinski definition) is 0. The van der Waals surface area contributed by atoms with E-state index in [1.165, 1.54) is 42.4 Å².